The molecule has 126 valence electrons. The number of rotatable bonds is 3. The first kappa shape index (κ1) is 16.7. The summed E-state index contributed by atoms with van der Waals surface area (Å²) in [4.78, 5) is 21.0. The number of halogens is 1. The normalized spacial score (nSPS) is 17.9. The van der Waals surface area contributed by atoms with Crippen molar-refractivity contribution in [1.29, 1.82) is 0 Å². The van der Waals surface area contributed by atoms with Crippen molar-refractivity contribution in [2.45, 2.75) is 12.5 Å². The third kappa shape index (κ3) is 3.37. The number of likely N-dealkylation sites (N-methyl/N-ethyl adjacent to an activating group) is 2. The standard InChI is InChI=1S/C18H21ClN4O/c1-22-7-6-15(11-22)23(2)18(24)13-5-3-4-12(8-13)14-9-16(19)17(20)21-10-14/h3-5,8-10,15H,6-7,11H2,1-2H3,(H2,20,21)/t15-/m0/s1. The molecule has 1 amide bonds. The Hall–Kier alpha value is -2.11. The molecule has 1 saturated heterocycles. The first-order chi connectivity index (χ1) is 11.5. The van der Waals surface area contributed by atoms with Crippen LogP contribution < -0.4 is 5.73 Å². The van der Waals surface area contributed by atoms with Gasteiger partial charge in [0.05, 0.1) is 5.02 Å². The van der Waals surface area contributed by atoms with E-state index >= 15 is 0 Å². The molecular formula is C18H21ClN4O. The summed E-state index contributed by atoms with van der Waals surface area (Å²) in [5, 5.41) is 0.412. The predicted molar refractivity (Wildman–Crippen MR) is 97.1 cm³/mol. The van der Waals surface area contributed by atoms with E-state index in [0.29, 0.717) is 16.4 Å². The van der Waals surface area contributed by atoms with Gasteiger partial charge in [-0.25, -0.2) is 4.98 Å². The number of aromatic nitrogens is 1. The molecule has 1 fully saturated rings. The van der Waals surface area contributed by atoms with E-state index in [2.05, 4.69) is 16.9 Å². The van der Waals surface area contributed by atoms with Crippen LogP contribution >= 0.6 is 11.6 Å². The van der Waals surface area contributed by atoms with Gasteiger partial charge in [-0.1, -0.05) is 23.7 Å². The summed E-state index contributed by atoms with van der Waals surface area (Å²) in [5.41, 5.74) is 8.06. The third-order valence-corrected chi connectivity index (χ3v) is 4.85. The Morgan fingerprint density at radius 2 is 2.17 bits per heavy atom. The number of benzene rings is 1. The quantitative estimate of drug-likeness (QED) is 0.930. The van der Waals surface area contributed by atoms with Crippen LogP contribution in [0.5, 0.6) is 0 Å². The molecule has 6 heteroatoms. The number of nitrogens with zero attached hydrogens (tertiary/aromatic N) is 3. The lowest BCUT2D eigenvalue weighted by molar-refractivity contribution is 0.0737. The second-order valence-electron chi connectivity index (χ2n) is 6.29. The fourth-order valence-corrected chi connectivity index (χ4v) is 3.20. The van der Waals surface area contributed by atoms with Crippen LogP contribution in [0.3, 0.4) is 0 Å². The lowest BCUT2D eigenvalue weighted by Crippen LogP contribution is -2.38. The van der Waals surface area contributed by atoms with Gasteiger partial charge in [-0.05, 0) is 43.8 Å². The molecule has 2 heterocycles. The molecule has 0 bridgehead atoms. The molecule has 0 aliphatic carbocycles. The number of anilines is 1. The Labute approximate surface area is 147 Å². The Bertz CT molecular complexity index is 764. The van der Waals surface area contributed by atoms with Crippen molar-refractivity contribution in [2.24, 2.45) is 0 Å². The second kappa shape index (κ2) is 6.79. The molecule has 2 aromatic rings. The number of nitrogens with two attached hydrogens (primary N) is 1. The van der Waals surface area contributed by atoms with Crippen LogP contribution in [0.2, 0.25) is 5.02 Å². The summed E-state index contributed by atoms with van der Waals surface area (Å²) in [6.07, 6.45) is 2.68. The van der Waals surface area contributed by atoms with E-state index in [1.807, 2.05) is 36.2 Å². The zero-order valence-corrected chi connectivity index (χ0v) is 14.6. The van der Waals surface area contributed by atoms with Crippen molar-refractivity contribution >= 4 is 23.3 Å². The average Bonchev–Trinajstić information content (AvgIpc) is 3.02. The molecule has 0 saturated carbocycles. The van der Waals surface area contributed by atoms with Gasteiger partial charge in [0.1, 0.15) is 5.82 Å². The highest BCUT2D eigenvalue weighted by atomic mass is 35.5. The second-order valence-corrected chi connectivity index (χ2v) is 6.70. The lowest BCUT2D eigenvalue weighted by Gasteiger charge is -2.24. The molecule has 24 heavy (non-hydrogen) atoms. The van der Waals surface area contributed by atoms with Crippen LogP contribution in [0.4, 0.5) is 5.82 Å². The molecule has 5 nitrogen and oxygen atoms in total. The van der Waals surface area contributed by atoms with Gasteiger partial charge in [-0.2, -0.15) is 0 Å². The molecule has 0 spiro atoms. The Morgan fingerprint density at radius 3 is 2.83 bits per heavy atom. The van der Waals surface area contributed by atoms with Crippen molar-refractivity contribution in [3.05, 3.63) is 47.1 Å². The number of pyridine rings is 1. The van der Waals surface area contributed by atoms with E-state index in [9.17, 15) is 4.79 Å². The van der Waals surface area contributed by atoms with Crippen molar-refractivity contribution in [3.8, 4) is 11.1 Å². The molecular weight excluding hydrogens is 324 g/mol. The van der Waals surface area contributed by atoms with Gasteiger partial charge in [-0.3, -0.25) is 4.79 Å². The highest BCUT2D eigenvalue weighted by Crippen LogP contribution is 2.26. The maximum atomic E-state index is 12.8. The molecule has 1 aromatic heterocycles. The monoisotopic (exact) mass is 344 g/mol. The van der Waals surface area contributed by atoms with Crippen LogP contribution in [-0.2, 0) is 0 Å². The van der Waals surface area contributed by atoms with Crippen molar-refractivity contribution < 1.29 is 4.79 Å². The minimum atomic E-state index is 0.0339. The first-order valence-corrected chi connectivity index (χ1v) is 8.30. The molecule has 1 aromatic carbocycles. The number of carbonyl (C=O) groups is 1. The average molecular weight is 345 g/mol. The summed E-state index contributed by atoms with van der Waals surface area (Å²) < 4.78 is 0. The number of hydrogen-bond acceptors (Lipinski definition) is 4. The first-order valence-electron chi connectivity index (χ1n) is 7.93. The van der Waals surface area contributed by atoms with Crippen LogP contribution in [0.15, 0.2) is 36.5 Å². The van der Waals surface area contributed by atoms with E-state index in [1.165, 1.54) is 0 Å². The van der Waals surface area contributed by atoms with Gasteiger partial charge in [0.25, 0.3) is 5.91 Å². The van der Waals surface area contributed by atoms with Gasteiger partial charge in [0.15, 0.2) is 0 Å². The highest BCUT2D eigenvalue weighted by Gasteiger charge is 2.27. The molecule has 1 aliphatic heterocycles. The summed E-state index contributed by atoms with van der Waals surface area (Å²) in [7, 11) is 3.96. The summed E-state index contributed by atoms with van der Waals surface area (Å²) in [5.74, 6) is 0.337. The van der Waals surface area contributed by atoms with Gasteiger partial charge in [0, 0.05) is 37.0 Å². The molecule has 1 atom stereocenters. The maximum Gasteiger partial charge on any atom is 0.253 e. The van der Waals surface area contributed by atoms with Crippen molar-refractivity contribution in [1.82, 2.24) is 14.8 Å². The Balaban J connectivity index is 1.84. The maximum absolute atomic E-state index is 12.8. The van der Waals surface area contributed by atoms with E-state index in [-0.39, 0.29) is 11.9 Å². The number of amides is 1. The number of hydrogen-bond donors (Lipinski definition) is 1. The van der Waals surface area contributed by atoms with Crippen LogP contribution in [-0.4, -0.2) is 53.9 Å². The summed E-state index contributed by atoms with van der Waals surface area (Å²) in [6.45, 7) is 1.94. The van der Waals surface area contributed by atoms with Gasteiger partial charge in [-0.15, -0.1) is 0 Å². The van der Waals surface area contributed by atoms with Crippen LogP contribution in [0, 0.1) is 0 Å². The fraction of sp³-hybridized carbons (Fsp3) is 0.333. The van der Waals surface area contributed by atoms with E-state index in [0.717, 1.165) is 30.6 Å². The van der Waals surface area contributed by atoms with Gasteiger partial charge >= 0.3 is 0 Å². The lowest BCUT2D eigenvalue weighted by atomic mass is 10.0. The largest absolute Gasteiger partial charge is 0.382 e. The molecule has 1 aliphatic rings. The van der Waals surface area contributed by atoms with Gasteiger partial charge < -0.3 is 15.5 Å². The number of likely N-dealkylation sites (tertiary alicyclic amines) is 1. The molecule has 0 radical (unpaired) electrons. The van der Waals surface area contributed by atoms with Crippen molar-refractivity contribution in [3.63, 3.8) is 0 Å². The minimum absolute atomic E-state index is 0.0339. The molecule has 2 N–H and O–H groups in total. The Morgan fingerprint density at radius 1 is 1.38 bits per heavy atom. The molecule has 3 rings (SSSR count). The van der Waals surface area contributed by atoms with E-state index in [1.54, 1.807) is 12.3 Å². The predicted octanol–water partition coefficient (Wildman–Crippen LogP) is 2.76. The Kier molecular flexibility index (Phi) is 4.73. The summed E-state index contributed by atoms with van der Waals surface area (Å²) >= 11 is 6.05. The number of nitrogen functional groups attached to an aromatic ring is 1. The molecule has 0 unspecified atom stereocenters. The third-order valence-electron chi connectivity index (χ3n) is 4.55. The van der Waals surface area contributed by atoms with E-state index in [4.69, 9.17) is 17.3 Å². The zero-order valence-electron chi connectivity index (χ0n) is 13.9. The highest BCUT2D eigenvalue weighted by molar-refractivity contribution is 6.33. The van der Waals surface area contributed by atoms with E-state index < -0.39 is 0 Å². The van der Waals surface area contributed by atoms with Gasteiger partial charge in [0.2, 0.25) is 0 Å². The fourth-order valence-electron chi connectivity index (χ4n) is 3.04. The number of carbonyl (C=O) groups excluding carboxylic acids is 1. The topological polar surface area (TPSA) is 62.5 Å². The zero-order chi connectivity index (χ0) is 17.3. The smallest absolute Gasteiger partial charge is 0.253 e. The van der Waals surface area contributed by atoms with Crippen LogP contribution in [0.1, 0.15) is 16.8 Å². The minimum Gasteiger partial charge on any atom is -0.382 e. The van der Waals surface area contributed by atoms with Crippen LogP contribution in [0.25, 0.3) is 11.1 Å². The summed E-state index contributed by atoms with van der Waals surface area (Å²) in [6, 6.07) is 9.56. The SMILES string of the molecule is CN1CC[C@H](N(C)C(=O)c2cccc(-c3cnc(N)c(Cl)c3)c2)C1. The van der Waals surface area contributed by atoms with Crippen molar-refractivity contribution in [2.75, 3.05) is 32.9 Å².